The molecular weight excluding hydrogens is 278 g/mol. The summed E-state index contributed by atoms with van der Waals surface area (Å²) in [6.45, 7) is 7.10. The van der Waals surface area contributed by atoms with Crippen molar-refractivity contribution in [3.05, 3.63) is 24.3 Å². The predicted molar refractivity (Wildman–Crippen MR) is 89.0 cm³/mol. The number of amides is 2. The van der Waals surface area contributed by atoms with E-state index in [-0.39, 0.29) is 24.4 Å². The largest absolute Gasteiger partial charge is 0.374 e. The number of anilines is 2. The van der Waals surface area contributed by atoms with E-state index in [0.29, 0.717) is 12.3 Å². The maximum Gasteiger partial charge on any atom is 0.239 e. The van der Waals surface area contributed by atoms with Crippen LogP contribution in [-0.2, 0) is 9.59 Å². The number of carbonyl (C=O) groups excluding carboxylic acids is 2. The first-order chi connectivity index (χ1) is 10.5. The topological polar surface area (TPSA) is 61.4 Å². The standard InChI is InChI=1S/C17H25N3O2/c1-12(2)13(3)19-16(21)11-18-14-7-4-5-8-15(14)20-10-6-9-17(20)22/h4-5,7-8,12-13,18H,6,9-11H2,1-3H3,(H,19,21). The summed E-state index contributed by atoms with van der Waals surface area (Å²) in [5.41, 5.74) is 1.68. The van der Waals surface area contributed by atoms with Crippen LogP contribution in [0, 0.1) is 5.92 Å². The van der Waals surface area contributed by atoms with Crippen LogP contribution in [0.1, 0.15) is 33.6 Å². The summed E-state index contributed by atoms with van der Waals surface area (Å²) in [6, 6.07) is 7.78. The molecule has 1 saturated heterocycles. The van der Waals surface area contributed by atoms with Gasteiger partial charge in [0.15, 0.2) is 0 Å². The Balaban J connectivity index is 1.98. The molecule has 1 aromatic rings. The Morgan fingerprint density at radius 2 is 2.00 bits per heavy atom. The molecule has 2 N–H and O–H groups in total. The van der Waals surface area contributed by atoms with Crippen LogP contribution in [-0.4, -0.2) is 30.9 Å². The molecule has 120 valence electrons. The predicted octanol–water partition coefficient (Wildman–Crippen LogP) is 2.39. The highest BCUT2D eigenvalue weighted by Crippen LogP contribution is 2.29. The molecule has 1 heterocycles. The van der Waals surface area contributed by atoms with E-state index >= 15 is 0 Å². The van der Waals surface area contributed by atoms with Crippen molar-refractivity contribution in [1.29, 1.82) is 0 Å². The molecule has 2 rings (SSSR count). The summed E-state index contributed by atoms with van der Waals surface area (Å²) in [6.07, 6.45) is 1.49. The molecule has 1 aliphatic heterocycles. The van der Waals surface area contributed by atoms with E-state index in [9.17, 15) is 9.59 Å². The smallest absolute Gasteiger partial charge is 0.239 e. The fraction of sp³-hybridized carbons (Fsp3) is 0.529. The third-order valence-electron chi connectivity index (χ3n) is 4.10. The zero-order valence-corrected chi connectivity index (χ0v) is 13.6. The van der Waals surface area contributed by atoms with Crippen LogP contribution in [0.4, 0.5) is 11.4 Å². The summed E-state index contributed by atoms with van der Waals surface area (Å²) >= 11 is 0. The lowest BCUT2D eigenvalue weighted by molar-refractivity contribution is -0.120. The SMILES string of the molecule is CC(C)C(C)NC(=O)CNc1ccccc1N1CCCC1=O. The lowest BCUT2D eigenvalue weighted by atomic mass is 10.1. The molecule has 0 saturated carbocycles. The number of carbonyl (C=O) groups is 2. The molecule has 1 atom stereocenters. The molecule has 1 fully saturated rings. The number of rotatable bonds is 6. The van der Waals surface area contributed by atoms with E-state index < -0.39 is 0 Å². The number of nitrogens with one attached hydrogen (secondary N) is 2. The third-order valence-corrected chi connectivity index (χ3v) is 4.10. The van der Waals surface area contributed by atoms with Crippen LogP contribution < -0.4 is 15.5 Å². The van der Waals surface area contributed by atoms with Gasteiger partial charge in [-0.2, -0.15) is 0 Å². The Kier molecular flexibility index (Phi) is 5.41. The Morgan fingerprint density at radius 1 is 1.27 bits per heavy atom. The number of para-hydroxylation sites is 2. The fourth-order valence-corrected chi connectivity index (χ4v) is 2.41. The van der Waals surface area contributed by atoms with Crippen LogP contribution in [0.15, 0.2) is 24.3 Å². The van der Waals surface area contributed by atoms with Gasteiger partial charge in [0.05, 0.1) is 17.9 Å². The van der Waals surface area contributed by atoms with Crippen molar-refractivity contribution in [3.8, 4) is 0 Å². The summed E-state index contributed by atoms with van der Waals surface area (Å²) in [5.74, 6) is 0.509. The van der Waals surface area contributed by atoms with Crippen molar-refractivity contribution in [2.24, 2.45) is 5.92 Å². The first-order valence-electron chi connectivity index (χ1n) is 7.91. The van der Waals surface area contributed by atoms with E-state index in [0.717, 1.165) is 24.3 Å². The van der Waals surface area contributed by atoms with Gasteiger partial charge in [-0.25, -0.2) is 0 Å². The van der Waals surface area contributed by atoms with Crippen molar-refractivity contribution in [2.75, 3.05) is 23.3 Å². The van der Waals surface area contributed by atoms with Gasteiger partial charge in [-0.15, -0.1) is 0 Å². The molecule has 0 bridgehead atoms. The summed E-state index contributed by atoms with van der Waals surface area (Å²) < 4.78 is 0. The fourth-order valence-electron chi connectivity index (χ4n) is 2.41. The zero-order valence-electron chi connectivity index (χ0n) is 13.6. The van der Waals surface area contributed by atoms with Gasteiger partial charge in [0.2, 0.25) is 11.8 Å². The molecule has 1 aromatic carbocycles. The number of benzene rings is 1. The molecule has 5 nitrogen and oxygen atoms in total. The average Bonchev–Trinajstić information content (AvgIpc) is 2.91. The molecule has 0 spiro atoms. The van der Waals surface area contributed by atoms with Gasteiger partial charge in [0.1, 0.15) is 0 Å². The van der Waals surface area contributed by atoms with Gasteiger partial charge in [-0.1, -0.05) is 26.0 Å². The molecule has 1 aliphatic rings. The van der Waals surface area contributed by atoms with Gasteiger partial charge < -0.3 is 15.5 Å². The zero-order chi connectivity index (χ0) is 16.1. The normalized spacial score (nSPS) is 16.0. The molecule has 0 radical (unpaired) electrons. The highest BCUT2D eigenvalue weighted by molar-refractivity contribution is 5.98. The van der Waals surface area contributed by atoms with Gasteiger partial charge in [0, 0.05) is 19.0 Å². The minimum absolute atomic E-state index is 0.0382. The second-order valence-electron chi connectivity index (χ2n) is 6.12. The van der Waals surface area contributed by atoms with Crippen molar-refractivity contribution >= 4 is 23.2 Å². The van der Waals surface area contributed by atoms with Crippen molar-refractivity contribution in [1.82, 2.24) is 5.32 Å². The first-order valence-corrected chi connectivity index (χ1v) is 7.91. The maximum atomic E-state index is 12.0. The molecule has 1 unspecified atom stereocenters. The van der Waals surface area contributed by atoms with E-state index in [1.54, 1.807) is 4.90 Å². The highest BCUT2D eigenvalue weighted by Gasteiger charge is 2.23. The minimum Gasteiger partial charge on any atom is -0.374 e. The quantitative estimate of drug-likeness (QED) is 0.848. The lowest BCUT2D eigenvalue weighted by Crippen LogP contribution is -2.39. The Bertz CT molecular complexity index is 542. The van der Waals surface area contributed by atoms with Crippen molar-refractivity contribution in [2.45, 2.75) is 39.7 Å². The Labute approximate surface area is 132 Å². The Hall–Kier alpha value is -2.04. The lowest BCUT2D eigenvalue weighted by Gasteiger charge is -2.21. The van der Waals surface area contributed by atoms with E-state index in [4.69, 9.17) is 0 Å². The number of hydrogen-bond donors (Lipinski definition) is 2. The van der Waals surface area contributed by atoms with Gasteiger partial charge in [-0.3, -0.25) is 9.59 Å². The van der Waals surface area contributed by atoms with E-state index in [1.807, 2.05) is 31.2 Å². The molecule has 22 heavy (non-hydrogen) atoms. The third kappa shape index (κ3) is 4.00. The average molecular weight is 303 g/mol. The second-order valence-corrected chi connectivity index (χ2v) is 6.12. The molecule has 2 amide bonds. The highest BCUT2D eigenvalue weighted by atomic mass is 16.2. The summed E-state index contributed by atoms with van der Waals surface area (Å²) in [7, 11) is 0. The monoisotopic (exact) mass is 303 g/mol. The van der Waals surface area contributed by atoms with E-state index in [2.05, 4.69) is 24.5 Å². The maximum absolute atomic E-state index is 12.0. The number of hydrogen-bond acceptors (Lipinski definition) is 3. The van der Waals surface area contributed by atoms with Crippen molar-refractivity contribution in [3.63, 3.8) is 0 Å². The summed E-state index contributed by atoms with van der Waals surface area (Å²) in [4.78, 5) is 25.7. The molecule has 5 heteroatoms. The summed E-state index contributed by atoms with van der Waals surface area (Å²) in [5, 5.41) is 6.11. The van der Waals surface area contributed by atoms with Crippen LogP contribution in [0.25, 0.3) is 0 Å². The van der Waals surface area contributed by atoms with Gasteiger partial charge in [-0.05, 0) is 31.4 Å². The molecule has 0 aromatic heterocycles. The van der Waals surface area contributed by atoms with Crippen LogP contribution in [0.5, 0.6) is 0 Å². The molecule has 0 aliphatic carbocycles. The van der Waals surface area contributed by atoms with Crippen LogP contribution in [0.3, 0.4) is 0 Å². The van der Waals surface area contributed by atoms with Crippen molar-refractivity contribution < 1.29 is 9.59 Å². The minimum atomic E-state index is -0.0382. The second kappa shape index (κ2) is 7.29. The van der Waals surface area contributed by atoms with Gasteiger partial charge >= 0.3 is 0 Å². The van der Waals surface area contributed by atoms with E-state index in [1.165, 1.54) is 0 Å². The molecular formula is C17H25N3O2. The Morgan fingerprint density at radius 3 is 2.64 bits per heavy atom. The van der Waals surface area contributed by atoms with Crippen LogP contribution >= 0.6 is 0 Å². The first kappa shape index (κ1) is 16.3. The van der Waals surface area contributed by atoms with Crippen LogP contribution in [0.2, 0.25) is 0 Å². The van der Waals surface area contributed by atoms with Gasteiger partial charge in [0.25, 0.3) is 0 Å². The number of nitrogens with zero attached hydrogens (tertiary/aromatic N) is 1.